The van der Waals surface area contributed by atoms with Crippen molar-refractivity contribution < 1.29 is 4.79 Å². The minimum absolute atomic E-state index is 0.0911. The highest BCUT2D eigenvalue weighted by Gasteiger charge is 2.56. The first-order chi connectivity index (χ1) is 11.1. The number of fused-ring (bicyclic) bond motifs is 3. The Hall–Kier alpha value is -2.56. The smallest absolute Gasteiger partial charge is 0.317 e. The van der Waals surface area contributed by atoms with Gasteiger partial charge in [-0.05, 0) is 29.5 Å². The fourth-order valence-electron chi connectivity index (χ4n) is 3.71. The summed E-state index contributed by atoms with van der Waals surface area (Å²) in [6.45, 7) is 0.389. The molecule has 0 radical (unpaired) electrons. The lowest BCUT2D eigenvalue weighted by Crippen LogP contribution is -2.39. The highest BCUT2D eigenvalue weighted by atomic mass is 16.2. The molecule has 0 aliphatic heterocycles. The van der Waals surface area contributed by atoms with Crippen molar-refractivity contribution in [2.45, 2.75) is 24.9 Å². The molecule has 23 heavy (non-hydrogen) atoms. The summed E-state index contributed by atoms with van der Waals surface area (Å²) in [6, 6.07) is 13.6. The molecule has 2 N–H and O–H groups in total. The fourth-order valence-corrected chi connectivity index (χ4v) is 3.71. The zero-order chi connectivity index (χ0) is 16.0. The van der Waals surface area contributed by atoms with E-state index in [1.165, 1.54) is 17.2 Å². The third kappa shape index (κ3) is 2.52. The zero-order valence-electron chi connectivity index (χ0n) is 13.0. The van der Waals surface area contributed by atoms with Crippen molar-refractivity contribution in [3.05, 3.63) is 69.6 Å². The Morgan fingerprint density at radius 2 is 2.09 bits per heavy atom. The molecule has 1 fully saturated rings. The maximum atomic E-state index is 12.3. The van der Waals surface area contributed by atoms with Crippen molar-refractivity contribution in [1.29, 1.82) is 0 Å². The number of rotatable bonds is 3. The summed E-state index contributed by atoms with van der Waals surface area (Å²) >= 11 is 0. The number of nitrogens with one attached hydrogen (secondary N) is 2. The lowest BCUT2D eigenvalue weighted by Gasteiger charge is -2.19. The molecule has 5 heteroatoms. The van der Waals surface area contributed by atoms with Gasteiger partial charge in [-0.25, -0.2) is 4.79 Å². The highest BCUT2D eigenvalue weighted by Crippen LogP contribution is 2.56. The number of benzene rings is 1. The van der Waals surface area contributed by atoms with Gasteiger partial charge in [0.15, 0.2) is 0 Å². The quantitative estimate of drug-likeness (QED) is 0.909. The van der Waals surface area contributed by atoms with E-state index in [1.54, 1.807) is 18.0 Å². The van der Waals surface area contributed by atoms with Crippen LogP contribution in [0.3, 0.4) is 0 Å². The lowest BCUT2D eigenvalue weighted by molar-refractivity contribution is 0.205. The summed E-state index contributed by atoms with van der Waals surface area (Å²) in [5.41, 5.74) is 3.39. The molecule has 0 unspecified atom stereocenters. The molecule has 4 rings (SSSR count). The molecule has 0 spiro atoms. The number of aromatic amines is 1. The van der Waals surface area contributed by atoms with Crippen molar-refractivity contribution in [2.24, 2.45) is 5.92 Å². The number of carbonyl (C=O) groups excluding carboxylic acids is 1. The minimum Gasteiger partial charge on any atom is -0.334 e. The second-order valence-corrected chi connectivity index (χ2v) is 6.46. The maximum absolute atomic E-state index is 12.3. The Kier molecular flexibility index (Phi) is 3.22. The average Bonchev–Trinajstić information content (AvgIpc) is 3.04. The van der Waals surface area contributed by atoms with Crippen LogP contribution in [0.25, 0.3) is 0 Å². The zero-order valence-corrected chi connectivity index (χ0v) is 13.0. The summed E-state index contributed by atoms with van der Waals surface area (Å²) in [7, 11) is 1.74. The van der Waals surface area contributed by atoms with Crippen LogP contribution in [0, 0.1) is 5.92 Å². The van der Waals surface area contributed by atoms with Crippen molar-refractivity contribution in [3.63, 3.8) is 0 Å². The van der Waals surface area contributed by atoms with Gasteiger partial charge in [0.1, 0.15) is 0 Å². The molecule has 2 aliphatic carbocycles. The van der Waals surface area contributed by atoms with Crippen LogP contribution in [-0.4, -0.2) is 29.0 Å². The molecule has 1 aromatic carbocycles. The topological polar surface area (TPSA) is 65.2 Å². The number of urea groups is 1. The monoisotopic (exact) mass is 309 g/mol. The van der Waals surface area contributed by atoms with Gasteiger partial charge in [0.25, 0.3) is 0 Å². The standard InChI is InChI=1S/C18H19N3O2/c1-21(10-12-6-4-8-15(22)19-12)18(23)20-17-14-9-11-5-2-3-7-13(11)16(14)17/h2-8,14,16-17H,9-10H2,1H3,(H,19,22)(H,20,23)/t14-,16+,17+/m0/s1. The van der Waals surface area contributed by atoms with E-state index >= 15 is 0 Å². The molecule has 0 bridgehead atoms. The molecule has 1 saturated carbocycles. The molecule has 118 valence electrons. The van der Waals surface area contributed by atoms with Crippen LogP contribution < -0.4 is 10.9 Å². The van der Waals surface area contributed by atoms with Crippen LogP contribution in [0.15, 0.2) is 47.3 Å². The normalized spacial score (nSPS) is 23.8. The molecule has 2 aliphatic rings. The van der Waals surface area contributed by atoms with Crippen molar-refractivity contribution in [1.82, 2.24) is 15.2 Å². The summed E-state index contributed by atoms with van der Waals surface area (Å²) in [5.74, 6) is 1.02. The number of hydrogen-bond acceptors (Lipinski definition) is 2. The number of nitrogens with zero attached hydrogens (tertiary/aromatic N) is 1. The van der Waals surface area contributed by atoms with Crippen LogP contribution in [0.1, 0.15) is 22.7 Å². The van der Waals surface area contributed by atoms with Crippen LogP contribution in [0.4, 0.5) is 4.79 Å². The van der Waals surface area contributed by atoms with E-state index in [1.807, 2.05) is 6.07 Å². The molecular weight excluding hydrogens is 290 g/mol. The Bertz CT molecular complexity index is 814. The van der Waals surface area contributed by atoms with Crippen LogP contribution >= 0.6 is 0 Å². The number of H-pyrrole nitrogens is 1. The number of hydrogen-bond donors (Lipinski definition) is 2. The van der Waals surface area contributed by atoms with Crippen LogP contribution in [0.5, 0.6) is 0 Å². The van der Waals surface area contributed by atoms with E-state index in [-0.39, 0.29) is 17.6 Å². The molecule has 2 amide bonds. The van der Waals surface area contributed by atoms with E-state index in [0.717, 1.165) is 12.1 Å². The van der Waals surface area contributed by atoms with E-state index in [9.17, 15) is 9.59 Å². The Balaban J connectivity index is 1.38. The first kappa shape index (κ1) is 14.1. The summed E-state index contributed by atoms with van der Waals surface area (Å²) < 4.78 is 0. The molecule has 5 nitrogen and oxygen atoms in total. The van der Waals surface area contributed by atoms with E-state index in [4.69, 9.17) is 0 Å². The van der Waals surface area contributed by atoms with E-state index in [0.29, 0.717) is 18.4 Å². The van der Waals surface area contributed by atoms with Gasteiger partial charge in [0.2, 0.25) is 5.56 Å². The van der Waals surface area contributed by atoms with Crippen molar-refractivity contribution in [3.8, 4) is 0 Å². The van der Waals surface area contributed by atoms with Gasteiger partial charge in [-0.15, -0.1) is 0 Å². The van der Waals surface area contributed by atoms with Gasteiger partial charge >= 0.3 is 6.03 Å². The number of carbonyl (C=O) groups is 1. The largest absolute Gasteiger partial charge is 0.334 e. The molecule has 0 saturated heterocycles. The number of aromatic nitrogens is 1. The second kappa shape index (κ2) is 5.26. The molecule has 3 atom stereocenters. The highest BCUT2D eigenvalue weighted by molar-refractivity contribution is 5.75. The molecule has 1 aromatic heterocycles. The first-order valence-electron chi connectivity index (χ1n) is 7.91. The Labute approximate surface area is 134 Å². The van der Waals surface area contributed by atoms with Gasteiger partial charge in [-0.1, -0.05) is 30.3 Å². The van der Waals surface area contributed by atoms with Crippen molar-refractivity contribution >= 4 is 6.03 Å². The minimum atomic E-state index is -0.148. The van der Waals surface area contributed by atoms with Gasteiger partial charge < -0.3 is 15.2 Å². The number of amides is 2. The fraction of sp³-hybridized carbons (Fsp3) is 0.333. The van der Waals surface area contributed by atoms with Gasteiger partial charge in [0, 0.05) is 30.8 Å². The van der Waals surface area contributed by atoms with E-state index < -0.39 is 0 Å². The first-order valence-corrected chi connectivity index (χ1v) is 7.91. The predicted molar refractivity (Wildman–Crippen MR) is 87.2 cm³/mol. The summed E-state index contributed by atoms with van der Waals surface area (Å²) in [5, 5.41) is 3.13. The van der Waals surface area contributed by atoms with E-state index in [2.05, 4.69) is 34.6 Å². The Morgan fingerprint density at radius 1 is 1.26 bits per heavy atom. The third-order valence-electron chi connectivity index (χ3n) is 4.91. The second-order valence-electron chi connectivity index (χ2n) is 6.46. The summed E-state index contributed by atoms with van der Waals surface area (Å²) in [4.78, 5) is 28.0. The molecular formula is C18H19N3O2. The van der Waals surface area contributed by atoms with Gasteiger partial charge in [0.05, 0.1) is 6.54 Å². The Morgan fingerprint density at radius 3 is 2.91 bits per heavy atom. The number of pyridine rings is 1. The molecule has 1 heterocycles. The molecule has 2 aromatic rings. The third-order valence-corrected chi connectivity index (χ3v) is 4.91. The lowest BCUT2D eigenvalue weighted by atomic mass is 10.1. The van der Waals surface area contributed by atoms with Crippen molar-refractivity contribution in [2.75, 3.05) is 7.05 Å². The summed E-state index contributed by atoms with van der Waals surface area (Å²) in [6.07, 6.45) is 1.06. The van der Waals surface area contributed by atoms with Crippen LogP contribution in [-0.2, 0) is 13.0 Å². The van der Waals surface area contributed by atoms with Gasteiger partial charge in [-0.3, -0.25) is 4.79 Å². The van der Waals surface area contributed by atoms with Crippen LogP contribution in [0.2, 0.25) is 0 Å². The van der Waals surface area contributed by atoms with Gasteiger partial charge in [-0.2, -0.15) is 0 Å². The SMILES string of the molecule is CN(Cc1cccc(=O)[nH]1)C(=O)N[C@@H]1[C@H]2Cc3ccccc3[C@H]21. The average molecular weight is 309 g/mol. The maximum Gasteiger partial charge on any atom is 0.317 e. The predicted octanol–water partition coefficient (Wildman–Crippen LogP) is 1.85.